The smallest absolute Gasteiger partial charge is 0.303 e. The maximum atomic E-state index is 10.8. The van der Waals surface area contributed by atoms with E-state index in [9.17, 15) is 4.79 Å². The minimum atomic E-state index is -0.664. The van der Waals surface area contributed by atoms with Crippen molar-refractivity contribution in [3.63, 3.8) is 0 Å². The molecule has 0 saturated heterocycles. The van der Waals surface area contributed by atoms with Crippen molar-refractivity contribution in [3.05, 3.63) is 35.2 Å². The molecule has 0 aliphatic heterocycles. The molecule has 0 spiro atoms. The Kier molecular flexibility index (Phi) is 4.94. The monoisotopic (exact) mass is 273 g/mol. The molecule has 1 aromatic rings. The molecule has 2 rings (SSSR count). The Labute approximate surface area is 120 Å². The highest BCUT2D eigenvalue weighted by molar-refractivity contribution is 5.67. The van der Waals surface area contributed by atoms with Crippen LogP contribution in [0.5, 0.6) is 0 Å². The second-order valence-corrected chi connectivity index (χ2v) is 5.71. The van der Waals surface area contributed by atoms with Crippen LogP contribution in [0.25, 0.3) is 6.08 Å². The van der Waals surface area contributed by atoms with E-state index in [1.165, 1.54) is 11.1 Å². The molecule has 3 heteroatoms. The summed E-state index contributed by atoms with van der Waals surface area (Å²) < 4.78 is 0. The highest BCUT2D eigenvalue weighted by Gasteiger charge is 2.25. The van der Waals surface area contributed by atoms with E-state index in [-0.39, 0.29) is 0 Å². The normalized spacial score (nSPS) is 23.1. The molecule has 0 aromatic carbocycles. The van der Waals surface area contributed by atoms with Crippen molar-refractivity contribution in [1.82, 2.24) is 4.98 Å². The zero-order chi connectivity index (χ0) is 14.5. The molecule has 0 bridgehead atoms. The Balaban J connectivity index is 2.11. The number of aliphatic carboxylic acids is 1. The highest BCUT2D eigenvalue weighted by Crippen LogP contribution is 2.38. The molecule has 20 heavy (non-hydrogen) atoms. The van der Waals surface area contributed by atoms with Crippen LogP contribution in [0.3, 0.4) is 0 Å². The van der Waals surface area contributed by atoms with Gasteiger partial charge >= 0.3 is 5.97 Å². The summed E-state index contributed by atoms with van der Waals surface area (Å²) in [5.74, 6) is 0.243. The number of carboxylic acid groups (broad SMARTS) is 1. The number of carbonyl (C=O) groups is 1. The van der Waals surface area contributed by atoms with E-state index >= 15 is 0 Å². The standard InChI is InChI=1S/C17H23NO2/c1-3-4-15-12(2)18-10-9-16(15)14-7-5-13(6-8-14)11-17(19)20/h3-4,9-10,13-14H,5-8,11H2,1-2H3,(H,19,20)/b4-3-. The fourth-order valence-corrected chi connectivity index (χ4v) is 3.26. The van der Waals surface area contributed by atoms with Crippen molar-refractivity contribution in [2.24, 2.45) is 5.92 Å². The van der Waals surface area contributed by atoms with Crippen LogP contribution < -0.4 is 0 Å². The Morgan fingerprint density at radius 3 is 2.70 bits per heavy atom. The van der Waals surface area contributed by atoms with Gasteiger partial charge in [0.1, 0.15) is 0 Å². The molecular weight excluding hydrogens is 250 g/mol. The van der Waals surface area contributed by atoms with E-state index in [4.69, 9.17) is 5.11 Å². The van der Waals surface area contributed by atoms with Crippen LogP contribution in [0, 0.1) is 12.8 Å². The predicted molar refractivity (Wildman–Crippen MR) is 80.6 cm³/mol. The van der Waals surface area contributed by atoms with Crippen molar-refractivity contribution in [1.29, 1.82) is 0 Å². The fraction of sp³-hybridized carbons (Fsp3) is 0.529. The van der Waals surface area contributed by atoms with Gasteiger partial charge in [-0.05, 0) is 68.6 Å². The van der Waals surface area contributed by atoms with Gasteiger partial charge in [0, 0.05) is 18.3 Å². The van der Waals surface area contributed by atoms with Crippen molar-refractivity contribution < 1.29 is 9.90 Å². The molecule has 0 atom stereocenters. The Bertz CT molecular complexity index is 500. The van der Waals surface area contributed by atoms with Gasteiger partial charge in [-0.1, -0.05) is 12.2 Å². The van der Waals surface area contributed by atoms with Gasteiger partial charge in [-0.15, -0.1) is 0 Å². The molecule has 1 heterocycles. The van der Waals surface area contributed by atoms with Gasteiger partial charge in [-0.2, -0.15) is 0 Å². The molecule has 1 saturated carbocycles. The Hall–Kier alpha value is -1.64. The summed E-state index contributed by atoms with van der Waals surface area (Å²) in [6, 6.07) is 2.13. The largest absolute Gasteiger partial charge is 0.481 e. The van der Waals surface area contributed by atoms with E-state index in [1.807, 2.05) is 13.1 Å². The summed E-state index contributed by atoms with van der Waals surface area (Å²) in [4.78, 5) is 15.2. The number of aromatic nitrogens is 1. The molecule has 1 fully saturated rings. The summed E-state index contributed by atoms with van der Waals surface area (Å²) in [6.45, 7) is 4.08. The maximum absolute atomic E-state index is 10.8. The van der Waals surface area contributed by atoms with Gasteiger partial charge < -0.3 is 5.11 Å². The molecule has 1 aromatic heterocycles. The lowest BCUT2D eigenvalue weighted by molar-refractivity contribution is -0.138. The minimum absolute atomic E-state index is 0.323. The summed E-state index contributed by atoms with van der Waals surface area (Å²) in [6.07, 6.45) is 10.6. The third-order valence-electron chi connectivity index (χ3n) is 4.31. The van der Waals surface area contributed by atoms with Crippen LogP contribution in [0.4, 0.5) is 0 Å². The Morgan fingerprint density at radius 2 is 2.10 bits per heavy atom. The first-order chi connectivity index (χ1) is 9.61. The maximum Gasteiger partial charge on any atom is 0.303 e. The molecule has 1 aliphatic rings. The first kappa shape index (κ1) is 14.8. The molecule has 0 unspecified atom stereocenters. The second-order valence-electron chi connectivity index (χ2n) is 5.71. The average Bonchev–Trinajstić information content (AvgIpc) is 2.42. The van der Waals surface area contributed by atoms with Crippen molar-refractivity contribution in [2.45, 2.75) is 51.9 Å². The third kappa shape index (κ3) is 3.47. The quantitative estimate of drug-likeness (QED) is 0.895. The summed E-state index contributed by atoms with van der Waals surface area (Å²) >= 11 is 0. The number of nitrogens with zero attached hydrogens (tertiary/aromatic N) is 1. The van der Waals surface area contributed by atoms with Crippen LogP contribution in [0.1, 0.15) is 61.8 Å². The molecular formula is C17H23NO2. The number of carboxylic acids is 1. The third-order valence-corrected chi connectivity index (χ3v) is 4.31. The number of pyridine rings is 1. The van der Waals surface area contributed by atoms with Crippen molar-refractivity contribution in [2.75, 3.05) is 0 Å². The lowest BCUT2D eigenvalue weighted by Crippen LogP contribution is -2.17. The van der Waals surface area contributed by atoms with Crippen LogP contribution >= 0.6 is 0 Å². The van der Waals surface area contributed by atoms with Gasteiger partial charge in [0.2, 0.25) is 0 Å². The number of hydrogen-bond donors (Lipinski definition) is 1. The zero-order valence-corrected chi connectivity index (χ0v) is 12.3. The van der Waals surface area contributed by atoms with Gasteiger partial charge in [0.15, 0.2) is 0 Å². The van der Waals surface area contributed by atoms with Crippen LogP contribution in [-0.4, -0.2) is 16.1 Å². The molecule has 108 valence electrons. The van der Waals surface area contributed by atoms with Gasteiger partial charge in [-0.3, -0.25) is 9.78 Å². The first-order valence-corrected chi connectivity index (χ1v) is 7.41. The lowest BCUT2D eigenvalue weighted by atomic mass is 9.76. The average molecular weight is 273 g/mol. The molecule has 1 N–H and O–H groups in total. The molecule has 3 nitrogen and oxygen atoms in total. The van der Waals surface area contributed by atoms with E-state index in [1.54, 1.807) is 0 Å². The number of hydrogen-bond acceptors (Lipinski definition) is 2. The molecule has 1 aliphatic carbocycles. The van der Waals surface area contributed by atoms with Gasteiger partial charge in [0.25, 0.3) is 0 Å². The summed E-state index contributed by atoms with van der Waals surface area (Å²) in [5, 5.41) is 8.88. The van der Waals surface area contributed by atoms with Crippen molar-refractivity contribution >= 4 is 12.0 Å². The lowest BCUT2D eigenvalue weighted by Gasteiger charge is -2.29. The SMILES string of the molecule is C/C=C\c1c(C2CCC(CC(=O)O)CC2)ccnc1C. The van der Waals surface area contributed by atoms with E-state index in [0.29, 0.717) is 18.3 Å². The fourth-order valence-electron chi connectivity index (χ4n) is 3.26. The number of aryl methyl sites for hydroxylation is 1. The van der Waals surface area contributed by atoms with Crippen LogP contribution in [-0.2, 0) is 4.79 Å². The molecule has 0 radical (unpaired) electrons. The topological polar surface area (TPSA) is 50.2 Å². The molecule has 0 amide bonds. The van der Waals surface area contributed by atoms with E-state index in [0.717, 1.165) is 31.4 Å². The number of rotatable bonds is 4. The minimum Gasteiger partial charge on any atom is -0.481 e. The Morgan fingerprint density at radius 1 is 1.40 bits per heavy atom. The van der Waals surface area contributed by atoms with Crippen molar-refractivity contribution in [3.8, 4) is 0 Å². The van der Waals surface area contributed by atoms with E-state index < -0.39 is 5.97 Å². The highest BCUT2D eigenvalue weighted by atomic mass is 16.4. The first-order valence-electron chi connectivity index (χ1n) is 7.41. The predicted octanol–water partition coefficient (Wildman–Crippen LogP) is 4.17. The summed E-state index contributed by atoms with van der Waals surface area (Å²) in [7, 11) is 0. The second kappa shape index (κ2) is 6.69. The number of allylic oxidation sites excluding steroid dienone is 1. The summed E-state index contributed by atoms with van der Waals surface area (Å²) in [5.41, 5.74) is 3.70. The van der Waals surface area contributed by atoms with Crippen LogP contribution in [0.15, 0.2) is 18.3 Å². The van der Waals surface area contributed by atoms with Gasteiger partial charge in [-0.25, -0.2) is 0 Å². The van der Waals surface area contributed by atoms with Crippen LogP contribution in [0.2, 0.25) is 0 Å². The van der Waals surface area contributed by atoms with Gasteiger partial charge in [0.05, 0.1) is 0 Å². The van der Waals surface area contributed by atoms with E-state index in [2.05, 4.69) is 30.1 Å². The zero-order valence-electron chi connectivity index (χ0n) is 12.3.